The number of benzene rings is 2. The Labute approximate surface area is 132 Å². The Morgan fingerprint density at radius 3 is 2.62 bits per heavy atom. The zero-order valence-corrected chi connectivity index (χ0v) is 13.4. The molecule has 21 heavy (non-hydrogen) atoms. The summed E-state index contributed by atoms with van der Waals surface area (Å²) in [7, 11) is 0. The molecule has 0 spiro atoms. The molecule has 0 bridgehead atoms. The average Bonchev–Trinajstić information content (AvgIpc) is 2.73. The first-order chi connectivity index (χ1) is 10.1. The fraction of sp³-hybridized carbons (Fsp3) is 0.294. The Kier molecular flexibility index (Phi) is 4.17. The second kappa shape index (κ2) is 6.08. The Morgan fingerprint density at radius 1 is 1.05 bits per heavy atom. The van der Waals surface area contributed by atoms with Crippen LogP contribution in [-0.4, -0.2) is 18.3 Å². The molecule has 1 aliphatic rings. The third-order valence-electron chi connectivity index (χ3n) is 3.62. The molecule has 0 aromatic heterocycles. The van der Waals surface area contributed by atoms with E-state index < -0.39 is 6.10 Å². The van der Waals surface area contributed by atoms with Gasteiger partial charge in [-0.3, -0.25) is 0 Å². The van der Waals surface area contributed by atoms with Gasteiger partial charge >= 0.3 is 0 Å². The highest BCUT2D eigenvalue weighted by atomic mass is 79.9. The zero-order valence-electron chi connectivity index (χ0n) is 11.8. The van der Waals surface area contributed by atoms with Crippen LogP contribution in [0.1, 0.15) is 29.2 Å². The van der Waals surface area contributed by atoms with Gasteiger partial charge in [0.05, 0.1) is 13.2 Å². The molecular formula is C17H17BrO3. The van der Waals surface area contributed by atoms with Crippen molar-refractivity contribution in [3.05, 3.63) is 57.6 Å². The van der Waals surface area contributed by atoms with Gasteiger partial charge in [0.25, 0.3) is 0 Å². The minimum Gasteiger partial charge on any atom is -0.490 e. The Balaban J connectivity index is 1.96. The fourth-order valence-corrected chi connectivity index (χ4v) is 2.81. The fourth-order valence-electron chi connectivity index (χ4n) is 2.44. The number of fused-ring (bicyclic) bond motifs is 1. The van der Waals surface area contributed by atoms with Crippen molar-refractivity contribution in [3.63, 3.8) is 0 Å². The molecule has 0 radical (unpaired) electrons. The van der Waals surface area contributed by atoms with Gasteiger partial charge in [-0.25, -0.2) is 0 Å². The van der Waals surface area contributed by atoms with Crippen LogP contribution in [-0.2, 0) is 0 Å². The van der Waals surface area contributed by atoms with Crippen LogP contribution < -0.4 is 9.47 Å². The van der Waals surface area contributed by atoms with E-state index in [9.17, 15) is 5.11 Å². The first-order valence-electron chi connectivity index (χ1n) is 6.99. The number of aliphatic hydroxyl groups excluding tert-OH is 1. The van der Waals surface area contributed by atoms with Crippen LogP contribution in [0, 0.1) is 6.92 Å². The van der Waals surface area contributed by atoms with Gasteiger partial charge < -0.3 is 14.6 Å². The number of halogens is 1. The third kappa shape index (κ3) is 3.06. The van der Waals surface area contributed by atoms with E-state index in [1.807, 2.05) is 43.3 Å². The van der Waals surface area contributed by atoms with E-state index in [1.54, 1.807) is 0 Å². The zero-order chi connectivity index (χ0) is 14.8. The third-order valence-corrected chi connectivity index (χ3v) is 4.12. The predicted octanol–water partition coefficient (Wildman–Crippen LogP) is 4.00. The van der Waals surface area contributed by atoms with Crippen LogP contribution in [0.15, 0.2) is 40.9 Å². The average molecular weight is 349 g/mol. The van der Waals surface area contributed by atoms with E-state index in [4.69, 9.17) is 9.47 Å². The topological polar surface area (TPSA) is 38.7 Å². The molecule has 1 aliphatic heterocycles. The minimum atomic E-state index is -0.681. The standard InChI is InChI=1S/C17H17BrO3/c1-11-3-5-13(18)10-14(11)17(19)12-4-6-15-16(9-12)21-8-2-7-20-15/h3-6,9-10,17,19H,2,7-8H2,1H3. The molecule has 0 aliphatic carbocycles. The van der Waals surface area contributed by atoms with Crippen molar-refractivity contribution in [3.8, 4) is 11.5 Å². The van der Waals surface area contributed by atoms with E-state index in [1.165, 1.54) is 0 Å². The summed E-state index contributed by atoms with van der Waals surface area (Å²) in [6.45, 7) is 3.30. The summed E-state index contributed by atoms with van der Waals surface area (Å²) in [4.78, 5) is 0. The number of hydrogen-bond donors (Lipinski definition) is 1. The van der Waals surface area contributed by atoms with Gasteiger partial charge in [-0.05, 0) is 47.9 Å². The largest absolute Gasteiger partial charge is 0.490 e. The van der Waals surface area contributed by atoms with E-state index >= 15 is 0 Å². The first kappa shape index (κ1) is 14.4. The van der Waals surface area contributed by atoms with E-state index in [-0.39, 0.29) is 0 Å². The molecule has 1 heterocycles. The van der Waals surface area contributed by atoms with Crippen molar-refractivity contribution in [2.75, 3.05) is 13.2 Å². The number of aryl methyl sites for hydroxylation is 1. The SMILES string of the molecule is Cc1ccc(Br)cc1C(O)c1ccc2c(c1)OCCCO2. The Hall–Kier alpha value is -1.52. The lowest BCUT2D eigenvalue weighted by Crippen LogP contribution is -2.03. The summed E-state index contributed by atoms with van der Waals surface area (Å²) >= 11 is 3.45. The van der Waals surface area contributed by atoms with Crippen molar-refractivity contribution in [2.45, 2.75) is 19.4 Å². The summed E-state index contributed by atoms with van der Waals surface area (Å²) in [5, 5.41) is 10.7. The maximum Gasteiger partial charge on any atom is 0.161 e. The molecule has 110 valence electrons. The van der Waals surface area contributed by atoms with Crippen LogP contribution in [0.25, 0.3) is 0 Å². The van der Waals surface area contributed by atoms with Crippen LogP contribution in [0.2, 0.25) is 0 Å². The van der Waals surface area contributed by atoms with Crippen LogP contribution in [0.3, 0.4) is 0 Å². The lowest BCUT2D eigenvalue weighted by atomic mass is 9.97. The van der Waals surface area contributed by atoms with Gasteiger partial charge in [0.15, 0.2) is 11.5 Å². The quantitative estimate of drug-likeness (QED) is 0.891. The van der Waals surface area contributed by atoms with Crippen molar-refractivity contribution < 1.29 is 14.6 Å². The van der Waals surface area contributed by atoms with Gasteiger partial charge in [0, 0.05) is 10.9 Å². The predicted molar refractivity (Wildman–Crippen MR) is 85.0 cm³/mol. The van der Waals surface area contributed by atoms with E-state index in [0.717, 1.165) is 33.3 Å². The maximum absolute atomic E-state index is 10.7. The molecule has 0 amide bonds. The number of rotatable bonds is 2. The highest BCUT2D eigenvalue weighted by Crippen LogP contribution is 2.35. The molecule has 1 unspecified atom stereocenters. The molecule has 4 heteroatoms. The van der Waals surface area contributed by atoms with E-state index in [0.29, 0.717) is 19.0 Å². The molecule has 0 fully saturated rings. The van der Waals surface area contributed by atoms with Crippen molar-refractivity contribution in [1.29, 1.82) is 0 Å². The van der Waals surface area contributed by atoms with Crippen molar-refractivity contribution in [1.82, 2.24) is 0 Å². The van der Waals surface area contributed by atoms with Crippen molar-refractivity contribution >= 4 is 15.9 Å². The molecule has 3 rings (SSSR count). The molecule has 1 N–H and O–H groups in total. The first-order valence-corrected chi connectivity index (χ1v) is 7.78. The maximum atomic E-state index is 10.7. The molecule has 3 nitrogen and oxygen atoms in total. The van der Waals surface area contributed by atoms with Gasteiger partial charge in [0.1, 0.15) is 6.10 Å². The van der Waals surface area contributed by atoms with Crippen LogP contribution in [0.4, 0.5) is 0 Å². The molecule has 0 saturated heterocycles. The smallest absolute Gasteiger partial charge is 0.161 e. The molecule has 1 atom stereocenters. The summed E-state index contributed by atoms with van der Waals surface area (Å²) in [5.41, 5.74) is 2.75. The summed E-state index contributed by atoms with van der Waals surface area (Å²) in [6, 6.07) is 11.5. The monoisotopic (exact) mass is 348 g/mol. The van der Waals surface area contributed by atoms with Crippen LogP contribution >= 0.6 is 15.9 Å². The van der Waals surface area contributed by atoms with Gasteiger partial charge in [0.2, 0.25) is 0 Å². The summed E-state index contributed by atoms with van der Waals surface area (Å²) in [5.74, 6) is 1.45. The molecule has 0 saturated carbocycles. The number of ether oxygens (including phenoxy) is 2. The highest BCUT2D eigenvalue weighted by Gasteiger charge is 2.17. The minimum absolute atomic E-state index is 0.641. The molecule has 2 aromatic rings. The lowest BCUT2D eigenvalue weighted by Gasteiger charge is -2.16. The second-order valence-corrected chi connectivity index (χ2v) is 6.08. The van der Waals surface area contributed by atoms with Crippen molar-refractivity contribution in [2.24, 2.45) is 0 Å². The summed E-state index contributed by atoms with van der Waals surface area (Å²) in [6.07, 6.45) is 0.191. The lowest BCUT2D eigenvalue weighted by molar-refractivity contribution is 0.218. The van der Waals surface area contributed by atoms with Gasteiger partial charge in [-0.15, -0.1) is 0 Å². The summed E-state index contributed by atoms with van der Waals surface area (Å²) < 4.78 is 12.3. The molecule has 2 aromatic carbocycles. The number of aliphatic hydroxyl groups is 1. The molecular weight excluding hydrogens is 332 g/mol. The Morgan fingerprint density at radius 2 is 1.81 bits per heavy atom. The second-order valence-electron chi connectivity index (χ2n) is 5.16. The van der Waals surface area contributed by atoms with Gasteiger partial charge in [-0.2, -0.15) is 0 Å². The normalized spacial score (nSPS) is 15.4. The number of hydrogen-bond acceptors (Lipinski definition) is 3. The highest BCUT2D eigenvalue weighted by molar-refractivity contribution is 9.10. The van der Waals surface area contributed by atoms with Gasteiger partial charge in [-0.1, -0.05) is 28.1 Å². The van der Waals surface area contributed by atoms with Crippen LogP contribution in [0.5, 0.6) is 11.5 Å². The van der Waals surface area contributed by atoms with E-state index in [2.05, 4.69) is 15.9 Å². The Bertz CT molecular complexity index is 654.